The molecule has 108 valence electrons. The quantitative estimate of drug-likeness (QED) is 0.830. The lowest BCUT2D eigenvalue weighted by Crippen LogP contribution is -2.26. The lowest BCUT2D eigenvalue weighted by atomic mass is 10.1. The maximum atomic E-state index is 11.7. The second-order valence-electron chi connectivity index (χ2n) is 4.65. The number of aliphatic carboxylic acids is 1. The van der Waals surface area contributed by atoms with Crippen molar-refractivity contribution in [2.45, 2.75) is 32.2 Å². The summed E-state index contributed by atoms with van der Waals surface area (Å²) in [7, 11) is 0. The number of nitrogens with one attached hydrogen (secondary N) is 1. The van der Waals surface area contributed by atoms with E-state index in [4.69, 9.17) is 14.6 Å². The molecule has 6 nitrogen and oxygen atoms in total. The van der Waals surface area contributed by atoms with Crippen molar-refractivity contribution in [2.24, 2.45) is 0 Å². The first-order valence-electron chi connectivity index (χ1n) is 6.47. The van der Waals surface area contributed by atoms with Gasteiger partial charge < -0.3 is 19.9 Å². The molecule has 1 unspecified atom stereocenters. The molecule has 0 spiro atoms. The number of carbonyl (C=O) groups is 2. The lowest BCUT2D eigenvalue weighted by Gasteiger charge is -2.14. The minimum Gasteiger partial charge on any atom is -0.481 e. The molecule has 1 aromatic rings. The number of benzene rings is 1. The SMILES string of the molecule is CC(NC(=O)CCCC(=O)O)c1ccc2c(c1)OCO2. The molecule has 1 aliphatic rings. The smallest absolute Gasteiger partial charge is 0.303 e. The van der Waals surface area contributed by atoms with Crippen molar-refractivity contribution in [1.82, 2.24) is 5.32 Å². The largest absolute Gasteiger partial charge is 0.481 e. The van der Waals surface area contributed by atoms with Crippen molar-refractivity contribution in [1.29, 1.82) is 0 Å². The van der Waals surface area contributed by atoms with Crippen molar-refractivity contribution in [3.05, 3.63) is 23.8 Å². The van der Waals surface area contributed by atoms with Crippen molar-refractivity contribution in [3.8, 4) is 11.5 Å². The number of fused-ring (bicyclic) bond motifs is 1. The molecule has 0 fully saturated rings. The predicted octanol–water partition coefficient (Wildman–Crippen LogP) is 1.85. The topological polar surface area (TPSA) is 84.9 Å². The second-order valence-corrected chi connectivity index (χ2v) is 4.65. The Balaban J connectivity index is 1.86. The molecule has 1 amide bonds. The average Bonchev–Trinajstić information content (AvgIpc) is 2.85. The molecule has 1 atom stereocenters. The van der Waals surface area contributed by atoms with Crippen LogP contribution in [-0.4, -0.2) is 23.8 Å². The molecule has 0 aromatic heterocycles. The molecule has 20 heavy (non-hydrogen) atoms. The van der Waals surface area contributed by atoms with Crippen LogP contribution in [0.5, 0.6) is 11.5 Å². The zero-order valence-electron chi connectivity index (χ0n) is 11.2. The van der Waals surface area contributed by atoms with Gasteiger partial charge in [-0.1, -0.05) is 6.07 Å². The Morgan fingerprint density at radius 2 is 2.05 bits per heavy atom. The van der Waals surface area contributed by atoms with E-state index in [1.54, 1.807) is 0 Å². The van der Waals surface area contributed by atoms with E-state index in [-0.39, 0.29) is 31.6 Å². The van der Waals surface area contributed by atoms with Gasteiger partial charge in [-0.25, -0.2) is 0 Å². The molecule has 2 N–H and O–H groups in total. The highest BCUT2D eigenvalue weighted by molar-refractivity contribution is 5.77. The van der Waals surface area contributed by atoms with Crippen LogP contribution in [0.1, 0.15) is 37.8 Å². The normalized spacial score (nSPS) is 13.8. The molecular weight excluding hydrogens is 262 g/mol. The van der Waals surface area contributed by atoms with Gasteiger partial charge in [-0.15, -0.1) is 0 Å². The summed E-state index contributed by atoms with van der Waals surface area (Å²) in [4.78, 5) is 22.1. The Kier molecular flexibility index (Phi) is 4.45. The molecule has 0 saturated carbocycles. The number of rotatable bonds is 6. The van der Waals surface area contributed by atoms with E-state index in [1.165, 1.54) is 0 Å². The van der Waals surface area contributed by atoms with Crippen molar-refractivity contribution in [2.75, 3.05) is 6.79 Å². The monoisotopic (exact) mass is 279 g/mol. The highest BCUT2D eigenvalue weighted by Crippen LogP contribution is 2.34. The van der Waals surface area contributed by atoms with Gasteiger partial charge >= 0.3 is 5.97 Å². The van der Waals surface area contributed by atoms with E-state index in [0.29, 0.717) is 17.9 Å². The van der Waals surface area contributed by atoms with Gasteiger partial charge in [0.2, 0.25) is 12.7 Å². The zero-order valence-corrected chi connectivity index (χ0v) is 11.2. The van der Waals surface area contributed by atoms with E-state index >= 15 is 0 Å². The zero-order chi connectivity index (χ0) is 14.5. The van der Waals surface area contributed by atoms with Crippen LogP contribution in [0.4, 0.5) is 0 Å². The van der Waals surface area contributed by atoms with Gasteiger partial charge in [-0.2, -0.15) is 0 Å². The van der Waals surface area contributed by atoms with Gasteiger partial charge in [-0.3, -0.25) is 9.59 Å². The van der Waals surface area contributed by atoms with Crippen molar-refractivity contribution < 1.29 is 24.2 Å². The fourth-order valence-electron chi connectivity index (χ4n) is 1.98. The summed E-state index contributed by atoms with van der Waals surface area (Å²) in [6.07, 6.45) is 0.558. The van der Waals surface area contributed by atoms with Gasteiger partial charge in [0.25, 0.3) is 0 Å². The number of carboxylic acid groups (broad SMARTS) is 1. The minimum absolute atomic E-state index is 0.00578. The maximum Gasteiger partial charge on any atom is 0.303 e. The fourth-order valence-corrected chi connectivity index (χ4v) is 1.98. The summed E-state index contributed by atoms with van der Waals surface area (Å²) >= 11 is 0. The molecule has 6 heteroatoms. The Bertz CT molecular complexity index is 514. The highest BCUT2D eigenvalue weighted by Gasteiger charge is 2.16. The Morgan fingerprint density at radius 1 is 1.30 bits per heavy atom. The molecule has 1 aromatic carbocycles. The van der Waals surface area contributed by atoms with Crippen molar-refractivity contribution in [3.63, 3.8) is 0 Å². The lowest BCUT2D eigenvalue weighted by molar-refractivity contribution is -0.137. The Morgan fingerprint density at radius 3 is 2.80 bits per heavy atom. The van der Waals surface area contributed by atoms with E-state index in [9.17, 15) is 9.59 Å². The van der Waals surface area contributed by atoms with Crippen molar-refractivity contribution >= 4 is 11.9 Å². The summed E-state index contributed by atoms with van der Waals surface area (Å²) in [5.41, 5.74) is 0.917. The summed E-state index contributed by atoms with van der Waals surface area (Å²) < 4.78 is 10.5. The van der Waals surface area contributed by atoms with Gasteiger partial charge in [0, 0.05) is 12.8 Å². The standard InChI is InChI=1S/C14H17NO5/c1-9(15-13(16)3-2-4-14(17)18)10-5-6-11-12(7-10)20-8-19-11/h5-7,9H,2-4,8H2,1H3,(H,15,16)(H,17,18). The molecular formula is C14H17NO5. The first kappa shape index (κ1) is 14.2. The van der Waals surface area contributed by atoms with Crippen LogP contribution in [0.25, 0.3) is 0 Å². The summed E-state index contributed by atoms with van der Waals surface area (Å²) in [6.45, 7) is 2.08. The van der Waals surface area contributed by atoms with Gasteiger partial charge in [0.05, 0.1) is 6.04 Å². The third-order valence-electron chi connectivity index (χ3n) is 3.07. The van der Waals surface area contributed by atoms with Crippen LogP contribution in [0, 0.1) is 0 Å². The molecule has 0 saturated heterocycles. The van der Waals surface area contributed by atoms with E-state index in [0.717, 1.165) is 5.56 Å². The number of carboxylic acids is 1. The van der Waals surface area contributed by atoms with E-state index in [1.807, 2.05) is 25.1 Å². The van der Waals surface area contributed by atoms with Gasteiger partial charge in [0.15, 0.2) is 11.5 Å². The third-order valence-corrected chi connectivity index (χ3v) is 3.07. The summed E-state index contributed by atoms with van der Waals surface area (Å²) in [5, 5.41) is 11.4. The molecule has 2 rings (SSSR count). The van der Waals surface area contributed by atoms with Crippen LogP contribution < -0.4 is 14.8 Å². The first-order chi connectivity index (χ1) is 9.56. The molecule has 1 heterocycles. The average molecular weight is 279 g/mol. The third kappa shape index (κ3) is 3.63. The molecule has 0 bridgehead atoms. The van der Waals surface area contributed by atoms with Crippen LogP contribution in [0.2, 0.25) is 0 Å². The van der Waals surface area contributed by atoms with Crippen LogP contribution >= 0.6 is 0 Å². The Hall–Kier alpha value is -2.24. The number of ether oxygens (including phenoxy) is 2. The number of carbonyl (C=O) groups excluding carboxylic acids is 1. The van der Waals surface area contributed by atoms with E-state index < -0.39 is 5.97 Å². The van der Waals surface area contributed by atoms with Crippen LogP contribution in [-0.2, 0) is 9.59 Å². The van der Waals surface area contributed by atoms with Gasteiger partial charge in [-0.05, 0) is 31.0 Å². The first-order valence-corrected chi connectivity index (χ1v) is 6.47. The second kappa shape index (κ2) is 6.27. The minimum atomic E-state index is -0.887. The molecule has 1 aliphatic heterocycles. The van der Waals surface area contributed by atoms with Crippen LogP contribution in [0.3, 0.4) is 0 Å². The van der Waals surface area contributed by atoms with E-state index in [2.05, 4.69) is 5.32 Å². The predicted molar refractivity (Wildman–Crippen MR) is 70.6 cm³/mol. The van der Waals surface area contributed by atoms with Crippen LogP contribution in [0.15, 0.2) is 18.2 Å². The summed E-state index contributed by atoms with van der Waals surface area (Å²) in [5.74, 6) is 0.334. The summed E-state index contributed by atoms with van der Waals surface area (Å²) in [6, 6.07) is 5.35. The molecule has 0 aliphatic carbocycles. The highest BCUT2D eigenvalue weighted by atomic mass is 16.7. The Labute approximate surface area is 116 Å². The fraction of sp³-hybridized carbons (Fsp3) is 0.429. The maximum absolute atomic E-state index is 11.7. The molecule has 0 radical (unpaired) electrons. The van der Waals surface area contributed by atoms with Gasteiger partial charge in [0.1, 0.15) is 0 Å². The number of hydrogen-bond donors (Lipinski definition) is 2. The number of amides is 1. The number of hydrogen-bond acceptors (Lipinski definition) is 4.